The van der Waals surface area contributed by atoms with Gasteiger partial charge >= 0.3 is 0 Å². The molecule has 0 fully saturated rings. The number of carbonyl (C=O) groups excluding carboxylic acids is 1. The Morgan fingerprint density at radius 3 is 2.64 bits per heavy atom. The van der Waals surface area contributed by atoms with Crippen molar-refractivity contribution in [2.75, 3.05) is 13.2 Å². The summed E-state index contributed by atoms with van der Waals surface area (Å²) in [5.41, 5.74) is 0.990. The molecule has 0 aromatic heterocycles. The molecule has 0 radical (unpaired) electrons. The summed E-state index contributed by atoms with van der Waals surface area (Å²) in [6.45, 7) is 0.839. The Morgan fingerprint density at radius 1 is 1.09 bits per heavy atom. The first-order valence-electron chi connectivity index (χ1n) is 7.21. The van der Waals surface area contributed by atoms with Crippen LogP contribution in [0.1, 0.15) is 5.56 Å². The van der Waals surface area contributed by atoms with E-state index in [1.54, 1.807) is 6.08 Å². The average molecular weight is 295 g/mol. The number of benzene rings is 2. The van der Waals surface area contributed by atoms with Gasteiger partial charge < -0.3 is 14.8 Å². The van der Waals surface area contributed by atoms with E-state index in [2.05, 4.69) is 5.32 Å². The average Bonchev–Trinajstić information content (AvgIpc) is 2.59. The summed E-state index contributed by atoms with van der Waals surface area (Å²) in [5.74, 6) is 1.31. The minimum absolute atomic E-state index is 0.147. The maximum atomic E-state index is 11.8. The highest BCUT2D eigenvalue weighted by Crippen LogP contribution is 2.30. The summed E-state index contributed by atoms with van der Waals surface area (Å²) in [7, 11) is 0. The molecule has 1 aliphatic rings. The van der Waals surface area contributed by atoms with Gasteiger partial charge in [0.2, 0.25) is 5.91 Å². The third-order valence-corrected chi connectivity index (χ3v) is 3.30. The van der Waals surface area contributed by atoms with E-state index in [0.717, 1.165) is 11.3 Å². The highest BCUT2D eigenvalue weighted by molar-refractivity contribution is 5.91. The lowest BCUT2D eigenvalue weighted by atomic mass is 10.2. The van der Waals surface area contributed by atoms with Gasteiger partial charge in [-0.15, -0.1) is 0 Å². The van der Waals surface area contributed by atoms with Crippen LogP contribution in [0.15, 0.2) is 60.7 Å². The lowest BCUT2D eigenvalue weighted by Crippen LogP contribution is -2.40. The van der Waals surface area contributed by atoms with Crippen LogP contribution in [-0.4, -0.2) is 25.2 Å². The Hall–Kier alpha value is -2.75. The lowest BCUT2D eigenvalue weighted by molar-refractivity contribution is -0.116. The standard InChI is InChI=1S/C18H17NO3/c20-18(11-10-14-6-2-1-3-7-14)19-12-15-13-21-16-8-4-5-9-17(16)22-15/h1-11,15H,12-13H2,(H,19,20). The minimum atomic E-state index is -0.177. The topological polar surface area (TPSA) is 47.6 Å². The molecule has 1 heterocycles. The summed E-state index contributed by atoms with van der Waals surface area (Å²) < 4.78 is 11.4. The van der Waals surface area contributed by atoms with Crippen LogP contribution in [0.5, 0.6) is 11.5 Å². The predicted octanol–water partition coefficient (Wildman–Crippen LogP) is 2.66. The Balaban J connectivity index is 1.49. The summed E-state index contributed by atoms with van der Waals surface area (Å²) >= 11 is 0. The van der Waals surface area contributed by atoms with Crippen molar-refractivity contribution in [1.82, 2.24) is 5.32 Å². The van der Waals surface area contributed by atoms with Crippen LogP contribution in [0.2, 0.25) is 0 Å². The summed E-state index contributed by atoms with van der Waals surface area (Å²) in [5, 5.41) is 2.82. The summed E-state index contributed by atoms with van der Waals surface area (Å²) in [6, 6.07) is 17.2. The minimum Gasteiger partial charge on any atom is -0.486 e. The molecular formula is C18H17NO3. The fourth-order valence-corrected chi connectivity index (χ4v) is 2.17. The van der Waals surface area contributed by atoms with Crippen LogP contribution >= 0.6 is 0 Å². The third kappa shape index (κ3) is 3.67. The molecular weight excluding hydrogens is 278 g/mol. The van der Waals surface area contributed by atoms with Gasteiger partial charge in [0, 0.05) is 6.08 Å². The van der Waals surface area contributed by atoms with Gasteiger partial charge in [-0.25, -0.2) is 0 Å². The molecule has 2 aromatic rings. The van der Waals surface area contributed by atoms with Gasteiger partial charge in [0.1, 0.15) is 12.7 Å². The zero-order valence-corrected chi connectivity index (χ0v) is 12.1. The Bertz CT molecular complexity index is 667. The Labute approximate surface area is 129 Å². The number of rotatable bonds is 4. The SMILES string of the molecule is O=C(C=Cc1ccccc1)NCC1COc2ccccc2O1. The van der Waals surface area contributed by atoms with Crippen molar-refractivity contribution in [1.29, 1.82) is 0 Å². The van der Waals surface area contributed by atoms with Crippen molar-refractivity contribution in [3.63, 3.8) is 0 Å². The molecule has 1 N–H and O–H groups in total. The van der Waals surface area contributed by atoms with Crippen molar-refractivity contribution in [2.45, 2.75) is 6.10 Å². The molecule has 0 saturated carbocycles. The van der Waals surface area contributed by atoms with Crippen LogP contribution in [0.25, 0.3) is 6.08 Å². The monoisotopic (exact) mass is 295 g/mol. The largest absolute Gasteiger partial charge is 0.486 e. The highest BCUT2D eigenvalue weighted by Gasteiger charge is 2.20. The van der Waals surface area contributed by atoms with Crippen molar-refractivity contribution < 1.29 is 14.3 Å². The second kappa shape index (κ2) is 6.80. The third-order valence-electron chi connectivity index (χ3n) is 3.30. The maximum absolute atomic E-state index is 11.8. The molecule has 4 nitrogen and oxygen atoms in total. The second-order valence-electron chi connectivity index (χ2n) is 4.99. The highest BCUT2D eigenvalue weighted by atomic mass is 16.6. The molecule has 0 saturated heterocycles. The van der Waals surface area contributed by atoms with E-state index in [-0.39, 0.29) is 12.0 Å². The Kier molecular flexibility index (Phi) is 4.39. The molecule has 112 valence electrons. The second-order valence-corrected chi connectivity index (χ2v) is 4.99. The first-order valence-corrected chi connectivity index (χ1v) is 7.21. The molecule has 0 aliphatic carbocycles. The molecule has 2 aromatic carbocycles. The molecule has 3 rings (SSSR count). The zero-order chi connectivity index (χ0) is 15.2. The number of hydrogen-bond donors (Lipinski definition) is 1. The smallest absolute Gasteiger partial charge is 0.244 e. The number of para-hydroxylation sites is 2. The fourth-order valence-electron chi connectivity index (χ4n) is 2.17. The quantitative estimate of drug-likeness (QED) is 0.882. The van der Waals surface area contributed by atoms with Crippen molar-refractivity contribution in [3.05, 3.63) is 66.2 Å². The summed E-state index contributed by atoms with van der Waals surface area (Å²) in [6.07, 6.45) is 3.12. The number of carbonyl (C=O) groups is 1. The number of amides is 1. The van der Waals surface area contributed by atoms with Crippen LogP contribution in [0.3, 0.4) is 0 Å². The van der Waals surface area contributed by atoms with Crippen LogP contribution < -0.4 is 14.8 Å². The van der Waals surface area contributed by atoms with Gasteiger partial charge in [-0.05, 0) is 23.8 Å². The number of fused-ring (bicyclic) bond motifs is 1. The van der Waals surface area contributed by atoms with E-state index >= 15 is 0 Å². The van der Waals surface area contributed by atoms with E-state index in [1.807, 2.05) is 54.6 Å². The van der Waals surface area contributed by atoms with Gasteiger partial charge in [-0.1, -0.05) is 42.5 Å². The number of hydrogen-bond acceptors (Lipinski definition) is 3. The molecule has 4 heteroatoms. The molecule has 0 bridgehead atoms. The molecule has 0 spiro atoms. The van der Waals surface area contributed by atoms with E-state index in [9.17, 15) is 4.79 Å². The van der Waals surface area contributed by atoms with Gasteiger partial charge in [0.25, 0.3) is 0 Å². The van der Waals surface area contributed by atoms with Crippen LogP contribution in [0, 0.1) is 0 Å². The number of ether oxygens (including phenoxy) is 2. The van der Waals surface area contributed by atoms with E-state index in [4.69, 9.17) is 9.47 Å². The predicted molar refractivity (Wildman–Crippen MR) is 84.8 cm³/mol. The van der Waals surface area contributed by atoms with Gasteiger partial charge in [0.05, 0.1) is 6.54 Å². The van der Waals surface area contributed by atoms with Gasteiger partial charge in [-0.3, -0.25) is 4.79 Å². The van der Waals surface area contributed by atoms with Crippen molar-refractivity contribution in [3.8, 4) is 11.5 Å². The van der Waals surface area contributed by atoms with E-state index in [1.165, 1.54) is 6.08 Å². The summed E-state index contributed by atoms with van der Waals surface area (Å²) in [4.78, 5) is 11.8. The molecule has 1 amide bonds. The normalized spacial score (nSPS) is 16.5. The molecule has 1 atom stereocenters. The maximum Gasteiger partial charge on any atom is 0.244 e. The van der Waals surface area contributed by atoms with Crippen molar-refractivity contribution in [2.24, 2.45) is 0 Å². The van der Waals surface area contributed by atoms with Gasteiger partial charge in [0.15, 0.2) is 11.5 Å². The number of nitrogens with one attached hydrogen (secondary N) is 1. The fraction of sp³-hybridized carbons (Fsp3) is 0.167. The van der Waals surface area contributed by atoms with Crippen molar-refractivity contribution >= 4 is 12.0 Å². The van der Waals surface area contributed by atoms with E-state index < -0.39 is 0 Å². The first kappa shape index (κ1) is 14.2. The first-order chi connectivity index (χ1) is 10.8. The molecule has 1 aliphatic heterocycles. The van der Waals surface area contributed by atoms with Gasteiger partial charge in [-0.2, -0.15) is 0 Å². The molecule has 22 heavy (non-hydrogen) atoms. The Morgan fingerprint density at radius 2 is 1.82 bits per heavy atom. The zero-order valence-electron chi connectivity index (χ0n) is 12.1. The van der Waals surface area contributed by atoms with E-state index in [0.29, 0.717) is 18.9 Å². The van der Waals surface area contributed by atoms with Crippen LogP contribution in [0.4, 0.5) is 0 Å². The lowest BCUT2D eigenvalue weighted by Gasteiger charge is -2.26. The molecule has 1 unspecified atom stereocenters. The van der Waals surface area contributed by atoms with Crippen LogP contribution in [-0.2, 0) is 4.79 Å².